The van der Waals surface area contributed by atoms with Crippen LogP contribution in [0, 0.1) is 11.3 Å². The molecule has 7 heteroatoms. The molecule has 35 heavy (non-hydrogen) atoms. The molecule has 0 aliphatic heterocycles. The van der Waals surface area contributed by atoms with E-state index < -0.39 is 11.9 Å². The lowest BCUT2D eigenvalue weighted by molar-refractivity contribution is -0.134. The molecule has 186 valence electrons. The maximum atomic E-state index is 12.3. The molecule has 0 saturated heterocycles. The summed E-state index contributed by atoms with van der Waals surface area (Å²) < 4.78 is 16.5. The van der Waals surface area contributed by atoms with Crippen LogP contribution < -0.4 is 19.5 Å². The third-order valence-electron chi connectivity index (χ3n) is 5.14. The van der Waals surface area contributed by atoms with Gasteiger partial charge in [-0.3, -0.25) is 9.59 Å². The minimum Gasteiger partial charge on any atom is -0.494 e. The topological polar surface area (TPSA) is 97.7 Å². The first-order valence-electron chi connectivity index (χ1n) is 11.7. The van der Waals surface area contributed by atoms with Gasteiger partial charge in [0.15, 0.2) is 11.5 Å². The second kappa shape index (κ2) is 13.2. The quantitative estimate of drug-likeness (QED) is 0.157. The van der Waals surface area contributed by atoms with Gasteiger partial charge in [-0.25, -0.2) is 0 Å². The Morgan fingerprint density at radius 2 is 1.80 bits per heavy atom. The molecule has 0 spiro atoms. The highest BCUT2D eigenvalue weighted by atomic mass is 16.6. The number of hydrogen-bond acceptors (Lipinski definition) is 6. The maximum absolute atomic E-state index is 12.3. The van der Waals surface area contributed by atoms with Crippen molar-refractivity contribution in [1.82, 2.24) is 5.32 Å². The summed E-state index contributed by atoms with van der Waals surface area (Å²) in [5.41, 5.74) is 1.88. The van der Waals surface area contributed by atoms with E-state index in [4.69, 9.17) is 14.2 Å². The highest BCUT2D eigenvalue weighted by Gasteiger charge is 2.14. The van der Waals surface area contributed by atoms with Crippen molar-refractivity contribution in [3.05, 3.63) is 59.2 Å². The number of carbonyl (C=O) groups excluding carboxylic acids is 2. The average molecular weight is 479 g/mol. The van der Waals surface area contributed by atoms with Crippen molar-refractivity contribution in [2.45, 2.75) is 52.4 Å². The Kier molecular flexibility index (Phi) is 10.3. The summed E-state index contributed by atoms with van der Waals surface area (Å²) in [6, 6.07) is 14.7. The molecule has 2 aromatic rings. The summed E-state index contributed by atoms with van der Waals surface area (Å²) in [5.74, 6) is 0.513. The number of benzene rings is 2. The van der Waals surface area contributed by atoms with Gasteiger partial charge in [-0.05, 0) is 59.7 Å². The third-order valence-corrected chi connectivity index (χ3v) is 5.14. The van der Waals surface area contributed by atoms with Gasteiger partial charge in [0, 0.05) is 13.0 Å². The monoisotopic (exact) mass is 478 g/mol. The molecule has 0 radical (unpaired) electrons. The Labute approximate surface area is 207 Å². The van der Waals surface area contributed by atoms with Crippen LogP contribution in [0.4, 0.5) is 0 Å². The summed E-state index contributed by atoms with van der Waals surface area (Å²) in [7, 11) is 1.46. The van der Waals surface area contributed by atoms with E-state index in [2.05, 4.69) is 26.1 Å². The van der Waals surface area contributed by atoms with Crippen molar-refractivity contribution >= 4 is 18.0 Å². The summed E-state index contributed by atoms with van der Waals surface area (Å²) in [6.45, 7) is 9.28. The fourth-order valence-corrected chi connectivity index (χ4v) is 3.14. The number of methoxy groups -OCH3 is 1. The van der Waals surface area contributed by atoms with Crippen molar-refractivity contribution in [3.8, 4) is 23.3 Å². The number of carbonyl (C=O) groups is 2. The van der Waals surface area contributed by atoms with Gasteiger partial charge in [-0.1, -0.05) is 45.9 Å². The standard InChI is InChI=1S/C28H34N2O5/c1-6-15-30-27(32)21(19-29)17-20-9-14-24(25(18-20)33-5)35-26(31)8-7-16-34-23-12-10-22(11-13-23)28(2,3)4/h9-14,17-18H,6-8,15-16H2,1-5H3,(H,30,32)/b21-17+. The number of nitrogens with zero attached hydrogens (tertiary/aromatic N) is 1. The lowest BCUT2D eigenvalue weighted by Crippen LogP contribution is -2.25. The smallest absolute Gasteiger partial charge is 0.311 e. The van der Waals surface area contributed by atoms with E-state index >= 15 is 0 Å². The first kappa shape index (κ1) is 27.5. The van der Waals surface area contributed by atoms with Crippen LogP contribution in [0.2, 0.25) is 0 Å². The Balaban J connectivity index is 1.90. The van der Waals surface area contributed by atoms with E-state index in [-0.39, 0.29) is 23.2 Å². The van der Waals surface area contributed by atoms with E-state index in [0.29, 0.717) is 30.9 Å². The molecule has 0 aliphatic rings. The Bertz CT molecular complexity index is 1080. The van der Waals surface area contributed by atoms with Gasteiger partial charge in [-0.15, -0.1) is 0 Å². The lowest BCUT2D eigenvalue weighted by atomic mass is 9.87. The zero-order chi connectivity index (χ0) is 25.8. The first-order valence-corrected chi connectivity index (χ1v) is 11.7. The van der Waals surface area contributed by atoms with Crippen LogP contribution in [0.3, 0.4) is 0 Å². The second-order valence-corrected chi connectivity index (χ2v) is 9.04. The van der Waals surface area contributed by atoms with Crippen LogP contribution in [-0.2, 0) is 15.0 Å². The second-order valence-electron chi connectivity index (χ2n) is 9.04. The number of hydrogen-bond donors (Lipinski definition) is 1. The highest BCUT2D eigenvalue weighted by Crippen LogP contribution is 2.29. The minimum absolute atomic E-state index is 0.0155. The molecule has 0 unspecified atom stereocenters. The molecule has 2 aromatic carbocycles. The fraction of sp³-hybridized carbons (Fsp3) is 0.393. The van der Waals surface area contributed by atoms with E-state index in [9.17, 15) is 14.9 Å². The maximum Gasteiger partial charge on any atom is 0.311 e. The largest absolute Gasteiger partial charge is 0.494 e. The molecule has 0 aliphatic carbocycles. The predicted molar refractivity (Wildman–Crippen MR) is 135 cm³/mol. The van der Waals surface area contributed by atoms with E-state index in [1.165, 1.54) is 18.7 Å². The molecular formula is C28H34N2O5. The van der Waals surface area contributed by atoms with E-state index in [0.717, 1.165) is 12.2 Å². The van der Waals surface area contributed by atoms with E-state index in [1.807, 2.05) is 37.3 Å². The van der Waals surface area contributed by atoms with Crippen molar-refractivity contribution in [1.29, 1.82) is 5.26 Å². The number of nitriles is 1. The van der Waals surface area contributed by atoms with Gasteiger partial charge < -0.3 is 19.5 Å². The molecule has 0 heterocycles. The molecule has 7 nitrogen and oxygen atoms in total. The van der Waals surface area contributed by atoms with Gasteiger partial charge in [0.2, 0.25) is 0 Å². The zero-order valence-electron chi connectivity index (χ0n) is 21.1. The van der Waals surface area contributed by atoms with Crippen molar-refractivity contribution in [2.24, 2.45) is 0 Å². The van der Waals surface area contributed by atoms with Crippen LogP contribution in [-0.4, -0.2) is 32.1 Å². The summed E-state index contributed by atoms with van der Waals surface area (Å²) in [6.07, 6.45) is 2.92. The van der Waals surface area contributed by atoms with Crippen LogP contribution in [0.1, 0.15) is 58.1 Å². The first-order chi connectivity index (χ1) is 16.7. The minimum atomic E-state index is -0.434. The number of amides is 1. The van der Waals surface area contributed by atoms with Gasteiger partial charge in [0.25, 0.3) is 5.91 Å². The average Bonchev–Trinajstić information content (AvgIpc) is 2.84. The van der Waals surface area contributed by atoms with Crippen LogP contribution in [0.25, 0.3) is 6.08 Å². The molecule has 2 rings (SSSR count). The van der Waals surface area contributed by atoms with Crippen LogP contribution >= 0.6 is 0 Å². The molecule has 0 bridgehead atoms. The predicted octanol–water partition coefficient (Wildman–Crippen LogP) is 5.19. The Morgan fingerprint density at radius 1 is 1.09 bits per heavy atom. The van der Waals surface area contributed by atoms with Gasteiger partial charge >= 0.3 is 5.97 Å². The van der Waals surface area contributed by atoms with Crippen molar-refractivity contribution in [2.75, 3.05) is 20.3 Å². The number of esters is 1. The van der Waals surface area contributed by atoms with Crippen LogP contribution in [0.15, 0.2) is 48.0 Å². The summed E-state index contributed by atoms with van der Waals surface area (Å²) in [5, 5.41) is 12.0. The zero-order valence-corrected chi connectivity index (χ0v) is 21.1. The fourth-order valence-electron chi connectivity index (χ4n) is 3.14. The van der Waals surface area contributed by atoms with Gasteiger partial charge in [0.05, 0.1) is 13.7 Å². The van der Waals surface area contributed by atoms with Crippen LogP contribution in [0.5, 0.6) is 17.2 Å². The Hall–Kier alpha value is -3.79. The molecule has 0 fully saturated rings. The third kappa shape index (κ3) is 8.82. The number of rotatable bonds is 11. The van der Waals surface area contributed by atoms with E-state index in [1.54, 1.807) is 18.2 Å². The molecule has 1 N–H and O–H groups in total. The molecule has 0 saturated carbocycles. The summed E-state index contributed by atoms with van der Waals surface area (Å²) in [4.78, 5) is 24.4. The highest BCUT2D eigenvalue weighted by molar-refractivity contribution is 6.01. The molecular weight excluding hydrogens is 444 g/mol. The molecule has 0 aromatic heterocycles. The SMILES string of the molecule is CCCNC(=O)/C(C#N)=C/c1ccc(OC(=O)CCCOc2ccc(C(C)(C)C)cc2)c(OC)c1. The van der Waals surface area contributed by atoms with Crippen molar-refractivity contribution < 1.29 is 23.8 Å². The molecule has 1 amide bonds. The summed E-state index contributed by atoms with van der Waals surface area (Å²) >= 11 is 0. The number of nitrogens with one attached hydrogen (secondary N) is 1. The molecule has 0 atom stereocenters. The normalized spacial score (nSPS) is 11.4. The lowest BCUT2D eigenvalue weighted by Gasteiger charge is -2.19. The Morgan fingerprint density at radius 3 is 2.40 bits per heavy atom. The van der Waals surface area contributed by atoms with Gasteiger partial charge in [0.1, 0.15) is 17.4 Å². The van der Waals surface area contributed by atoms with Gasteiger partial charge in [-0.2, -0.15) is 5.26 Å². The number of ether oxygens (including phenoxy) is 3. The van der Waals surface area contributed by atoms with Crippen molar-refractivity contribution in [3.63, 3.8) is 0 Å².